The van der Waals surface area contributed by atoms with E-state index >= 15 is 0 Å². The highest BCUT2D eigenvalue weighted by Crippen LogP contribution is 2.40. The summed E-state index contributed by atoms with van der Waals surface area (Å²) in [6.45, 7) is 24.4. The smallest absolute Gasteiger partial charge is 0.269 e. The van der Waals surface area contributed by atoms with Gasteiger partial charge in [0.15, 0.2) is 8.07 Å². The Labute approximate surface area is 549 Å². The van der Waals surface area contributed by atoms with Crippen molar-refractivity contribution >= 4 is 61.7 Å². The van der Waals surface area contributed by atoms with Crippen LogP contribution in [0.1, 0.15) is 133 Å². The van der Waals surface area contributed by atoms with E-state index in [1.165, 1.54) is 0 Å². The first-order chi connectivity index (χ1) is 50.4. The van der Waals surface area contributed by atoms with Crippen LogP contribution in [0.5, 0.6) is 11.5 Å². The third kappa shape index (κ3) is 10.6. The van der Waals surface area contributed by atoms with Gasteiger partial charge in [-0.3, -0.25) is 13.7 Å². The number of hydrogen-bond acceptors (Lipinski definition) is 2. The molecule has 6 heteroatoms. The lowest BCUT2D eigenvalue weighted by atomic mass is 9.78. The Morgan fingerprint density at radius 2 is 1.00 bits per heavy atom. The molecular weight excluding hydrogens is 1090 g/mol. The summed E-state index contributed by atoms with van der Waals surface area (Å²) in [5, 5.41) is -0.343. The molecule has 0 atom stereocenters. The standard InChI is InChI=1S/C82H78N4OSi/c1-79(2,3)59-44-45-83-77(52-59)86-72-39-26-25-38-69(72)70-42-41-65(54-74(70)86)87-64-31-27-30-63(53-64)84-55-85(73-43-40-57(48-75(73)84)56-28-17-13-18-29-56)78-71(58-46-60(80(4,5)6)49-61(47-58)81(7,8)9)50-62(82(10,11)12)51-76(78)88(66-32-19-14-20-33-66,67-34-21-15-22-35-67)68-36-23-16-24-37-68/h13-54H,1-12H3/i13D,14D,15D,16D,17D,18D,19D,20D,21D,22D,23D,24D,28D,29D,32D,33D,34D,35D,36D,37D. The normalized spacial score (nSPS) is 15.7. The van der Waals surface area contributed by atoms with Crippen LogP contribution in [0.2, 0.25) is 0 Å². The molecule has 0 fully saturated rings. The molecule has 13 aromatic rings. The number of aromatic nitrogens is 4. The minimum atomic E-state index is -6.08. The molecule has 10 aromatic carbocycles. The maximum atomic E-state index is 10.3. The summed E-state index contributed by atoms with van der Waals surface area (Å²) < 4.78 is 204. The first-order valence-corrected chi connectivity index (χ1v) is 31.4. The molecule has 0 N–H and O–H groups in total. The largest absolute Gasteiger partial charge is 0.458 e. The number of pyridine rings is 1. The summed E-state index contributed by atoms with van der Waals surface area (Å²) in [4.78, 5) is 4.89. The van der Waals surface area contributed by atoms with Crippen LogP contribution in [-0.4, -0.2) is 22.2 Å². The number of ether oxygens (including phenoxy) is 1. The number of nitrogens with zero attached hydrogens (tertiary/aromatic N) is 4. The maximum absolute atomic E-state index is 10.3. The molecule has 0 spiro atoms. The van der Waals surface area contributed by atoms with Crippen LogP contribution in [0.3, 0.4) is 0 Å². The average Bonchev–Trinajstić information content (AvgIpc) is 0.726. The SMILES string of the molecule is [2H]c1c([2H])c([2H])c(-c2ccc3c(c2)n(-c2cccc(Oc4ccc5c6ccccc6n(-c6cc(C(C)(C)C)ccn6)c5c4)c2)[c-][n+]3-c2c(-c3cc(C(C)(C)C)cc(C(C)(C)C)c3)cc(C(C)(C)C)cc2[Si](c2c([2H])c([2H])c([2H])c([2H])c2[2H])(c2c([2H])c([2H])c([2H])c([2H])c2[2H])c2c([2H])c([2H])c([2H])c([2H])c2[2H])c([2H])c1[2H]. The Kier molecular flexibility index (Phi) is 9.73. The number of benzene rings is 10. The predicted octanol–water partition coefficient (Wildman–Crippen LogP) is 17.9. The van der Waals surface area contributed by atoms with E-state index in [2.05, 4.69) is 49.9 Å². The van der Waals surface area contributed by atoms with Crippen LogP contribution >= 0.6 is 0 Å². The molecule has 0 amide bonds. The fourth-order valence-electron chi connectivity index (χ4n) is 11.7. The van der Waals surface area contributed by atoms with Gasteiger partial charge in [-0.1, -0.05) is 271 Å². The highest BCUT2D eigenvalue weighted by molar-refractivity contribution is 7.20. The molecule has 0 radical (unpaired) electrons. The quantitative estimate of drug-likeness (QED) is 0.0560. The van der Waals surface area contributed by atoms with Gasteiger partial charge in [-0.25, -0.2) is 4.98 Å². The first kappa shape index (κ1) is 38.7. The molecule has 13 rings (SSSR count). The van der Waals surface area contributed by atoms with E-state index in [1.54, 1.807) is 63.9 Å². The molecule has 3 heterocycles. The van der Waals surface area contributed by atoms with Gasteiger partial charge in [0.2, 0.25) is 0 Å². The summed E-state index contributed by atoms with van der Waals surface area (Å²) in [6.07, 6.45) is 5.44. The van der Waals surface area contributed by atoms with E-state index in [0.29, 0.717) is 39.7 Å². The molecule has 3 aromatic heterocycles. The monoisotopic (exact) mass is 1180 g/mol. The molecule has 0 saturated heterocycles. The van der Waals surface area contributed by atoms with Crippen LogP contribution in [0.25, 0.3) is 72.3 Å². The Bertz CT molecular complexity index is 5680. The lowest BCUT2D eigenvalue weighted by molar-refractivity contribution is -0.570. The van der Waals surface area contributed by atoms with Crippen molar-refractivity contribution in [3.8, 4) is 50.9 Å². The van der Waals surface area contributed by atoms with Crippen LogP contribution in [0.15, 0.2) is 254 Å². The minimum Gasteiger partial charge on any atom is -0.458 e. The molecule has 0 bridgehead atoms. The van der Waals surface area contributed by atoms with E-state index in [1.807, 2.05) is 123 Å². The zero-order valence-electron chi connectivity index (χ0n) is 71.4. The molecule has 0 aliphatic heterocycles. The first-order valence-electron chi connectivity index (χ1n) is 39.4. The van der Waals surface area contributed by atoms with Crippen LogP contribution in [-0.2, 0) is 21.7 Å². The van der Waals surface area contributed by atoms with Crippen molar-refractivity contribution in [2.75, 3.05) is 0 Å². The van der Waals surface area contributed by atoms with Crippen molar-refractivity contribution in [3.05, 3.63) is 283 Å². The molecule has 0 aliphatic rings. The highest BCUT2D eigenvalue weighted by Gasteiger charge is 2.45. The summed E-state index contributed by atoms with van der Waals surface area (Å²) in [6, 6.07) is 22.5. The van der Waals surface area contributed by atoms with Crippen molar-refractivity contribution in [2.24, 2.45) is 0 Å². The lowest BCUT2D eigenvalue weighted by Crippen LogP contribution is -2.76. The molecule has 0 aliphatic carbocycles. The maximum Gasteiger partial charge on any atom is 0.269 e. The molecule has 436 valence electrons. The average molecular weight is 1180 g/mol. The van der Waals surface area contributed by atoms with Gasteiger partial charge in [-0.2, -0.15) is 0 Å². The van der Waals surface area contributed by atoms with Gasteiger partial charge in [0.25, 0.3) is 6.33 Å². The van der Waals surface area contributed by atoms with Crippen molar-refractivity contribution in [1.82, 2.24) is 14.1 Å². The van der Waals surface area contributed by atoms with E-state index in [-0.39, 0.29) is 38.4 Å². The van der Waals surface area contributed by atoms with Crippen molar-refractivity contribution in [2.45, 2.75) is 105 Å². The topological polar surface area (TPSA) is 35.9 Å². The predicted molar refractivity (Wildman–Crippen MR) is 372 cm³/mol. The molecule has 0 saturated carbocycles. The number of para-hydroxylation sites is 1. The summed E-state index contributed by atoms with van der Waals surface area (Å²) in [5.74, 6) is 1.44. The zero-order valence-corrected chi connectivity index (χ0v) is 52.4. The Morgan fingerprint density at radius 1 is 0.443 bits per heavy atom. The van der Waals surface area contributed by atoms with E-state index in [0.717, 1.165) is 38.5 Å². The number of hydrogen-bond donors (Lipinski definition) is 0. The van der Waals surface area contributed by atoms with Crippen molar-refractivity contribution in [3.63, 3.8) is 0 Å². The summed E-state index contributed by atoms with van der Waals surface area (Å²) in [7, 11) is -6.08. The van der Waals surface area contributed by atoms with Crippen LogP contribution < -0.4 is 30.1 Å². The number of fused-ring (bicyclic) bond motifs is 4. The zero-order chi connectivity index (χ0) is 78.7. The van der Waals surface area contributed by atoms with Gasteiger partial charge in [-0.05, 0) is 142 Å². The summed E-state index contributed by atoms with van der Waals surface area (Å²) >= 11 is 0. The van der Waals surface area contributed by atoms with Gasteiger partial charge >= 0.3 is 0 Å². The van der Waals surface area contributed by atoms with Gasteiger partial charge < -0.3 is 4.74 Å². The van der Waals surface area contributed by atoms with Gasteiger partial charge in [0.1, 0.15) is 17.3 Å². The number of imidazole rings is 1. The molecule has 5 nitrogen and oxygen atoms in total. The van der Waals surface area contributed by atoms with Crippen molar-refractivity contribution < 1.29 is 36.7 Å². The Balaban J connectivity index is 1.25. The van der Waals surface area contributed by atoms with Crippen molar-refractivity contribution in [1.29, 1.82) is 0 Å². The Hall–Kier alpha value is -9.36. The van der Waals surface area contributed by atoms with E-state index in [9.17, 15) is 19.2 Å². The molecule has 88 heavy (non-hydrogen) atoms. The molecular formula is C82H78N4OSi. The second-order valence-corrected chi connectivity index (χ2v) is 30.0. The van der Waals surface area contributed by atoms with E-state index < -0.39 is 161 Å². The van der Waals surface area contributed by atoms with Gasteiger partial charge in [0, 0.05) is 23.0 Å². The second kappa shape index (κ2) is 22.1. The third-order valence-corrected chi connectivity index (χ3v) is 20.6. The van der Waals surface area contributed by atoms with Crippen LogP contribution in [0, 0.1) is 6.33 Å². The van der Waals surface area contributed by atoms with E-state index in [4.69, 9.17) is 17.9 Å². The Morgan fingerprint density at radius 3 is 1.60 bits per heavy atom. The lowest BCUT2D eigenvalue weighted by Gasteiger charge is -2.38. The minimum absolute atomic E-state index is 0.0102. The van der Waals surface area contributed by atoms with Crippen LogP contribution in [0.4, 0.5) is 0 Å². The third-order valence-electron chi connectivity index (χ3n) is 16.4. The fourth-order valence-corrected chi connectivity index (χ4v) is 15.7. The number of rotatable bonds is 11. The second-order valence-electron chi connectivity index (χ2n) is 26.5. The molecule has 0 unspecified atom stereocenters. The van der Waals surface area contributed by atoms with Gasteiger partial charge in [0.05, 0.1) is 60.9 Å². The fraction of sp³-hybridized carbons (Fsp3) is 0.195. The van der Waals surface area contributed by atoms with Gasteiger partial charge in [-0.15, -0.1) is 0 Å². The summed E-state index contributed by atoms with van der Waals surface area (Å²) in [5.41, 5.74) is 4.17. The highest BCUT2D eigenvalue weighted by atomic mass is 28.3.